The van der Waals surface area contributed by atoms with Crippen LogP contribution in [0.3, 0.4) is 0 Å². The molecule has 0 aliphatic heterocycles. The maximum atomic E-state index is 11.6. The Bertz CT molecular complexity index is 486. The van der Waals surface area contributed by atoms with Crippen LogP contribution in [0.25, 0.3) is 0 Å². The number of rotatable bonds is 5. The number of alkyl carbamates (subject to hydrolysis) is 1. The summed E-state index contributed by atoms with van der Waals surface area (Å²) in [6.07, 6.45) is 0.188. The van der Waals surface area contributed by atoms with Crippen LogP contribution in [0.15, 0.2) is 5.38 Å². The van der Waals surface area contributed by atoms with Crippen LogP contribution in [0, 0.1) is 5.92 Å². The SMILES string of the molecule is CC(C)(C)OC(=O)NCC(CO)Cc1nc(C(C)(C)C)cs1. The van der Waals surface area contributed by atoms with Gasteiger partial charge in [0.15, 0.2) is 0 Å². The molecule has 0 bridgehead atoms. The molecule has 1 rings (SSSR count). The van der Waals surface area contributed by atoms with Crippen molar-refractivity contribution in [2.45, 2.75) is 59.0 Å². The molecule has 0 fully saturated rings. The summed E-state index contributed by atoms with van der Waals surface area (Å²) in [7, 11) is 0. The Morgan fingerprint density at radius 2 is 2.00 bits per heavy atom. The van der Waals surface area contributed by atoms with Gasteiger partial charge in [-0.05, 0) is 20.8 Å². The highest BCUT2D eigenvalue weighted by Crippen LogP contribution is 2.25. The number of aliphatic hydroxyl groups is 1. The highest BCUT2D eigenvalue weighted by atomic mass is 32.1. The maximum absolute atomic E-state index is 11.6. The summed E-state index contributed by atoms with van der Waals surface area (Å²) >= 11 is 1.60. The van der Waals surface area contributed by atoms with E-state index < -0.39 is 11.7 Å². The molecule has 1 atom stereocenters. The Morgan fingerprint density at radius 1 is 1.36 bits per heavy atom. The number of nitrogens with zero attached hydrogens (tertiary/aromatic N) is 1. The summed E-state index contributed by atoms with van der Waals surface area (Å²) in [4.78, 5) is 16.3. The number of amides is 1. The van der Waals surface area contributed by atoms with Crippen molar-refractivity contribution in [3.05, 3.63) is 16.1 Å². The van der Waals surface area contributed by atoms with Gasteiger partial charge < -0.3 is 15.2 Å². The predicted molar refractivity (Wildman–Crippen MR) is 89.3 cm³/mol. The number of aromatic nitrogens is 1. The van der Waals surface area contributed by atoms with E-state index in [2.05, 4.69) is 36.5 Å². The number of ether oxygens (including phenoxy) is 1. The van der Waals surface area contributed by atoms with Gasteiger partial charge in [-0.2, -0.15) is 0 Å². The number of carbonyl (C=O) groups is 1. The summed E-state index contributed by atoms with van der Waals surface area (Å²) in [5.41, 5.74) is 0.567. The van der Waals surface area contributed by atoms with Crippen LogP contribution in [0.4, 0.5) is 4.79 Å². The van der Waals surface area contributed by atoms with E-state index in [-0.39, 0.29) is 17.9 Å². The molecule has 5 nitrogen and oxygen atoms in total. The first-order valence-electron chi connectivity index (χ1n) is 7.54. The lowest BCUT2D eigenvalue weighted by atomic mass is 9.93. The van der Waals surface area contributed by atoms with E-state index >= 15 is 0 Å². The third kappa shape index (κ3) is 6.75. The van der Waals surface area contributed by atoms with E-state index in [9.17, 15) is 9.90 Å². The van der Waals surface area contributed by atoms with Crippen LogP contribution in [0.5, 0.6) is 0 Å². The normalized spacial score (nSPS) is 13.8. The largest absolute Gasteiger partial charge is 0.444 e. The summed E-state index contributed by atoms with van der Waals surface area (Å²) < 4.78 is 5.19. The zero-order chi connectivity index (χ0) is 17.0. The van der Waals surface area contributed by atoms with Gasteiger partial charge in [0, 0.05) is 36.3 Å². The first-order chi connectivity index (χ1) is 10.0. The second-order valence-corrected chi connectivity index (χ2v) is 8.45. The minimum absolute atomic E-state index is 0.000227. The average molecular weight is 328 g/mol. The quantitative estimate of drug-likeness (QED) is 0.871. The van der Waals surface area contributed by atoms with Crippen LogP contribution in [0.1, 0.15) is 52.2 Å². The predicted octanol–water partition coefficient (Wildman–Crippen LogP) is 3.12. The van der Waals surface area contributed by atoms with Crippen molar-refractivity contribution in [2.75, 3.05) is 13.2 Å². The summed E-state index contributed by atoms with van der Waals surface area (Å²) in [5.74, 6) is -0.0634. The molecule has 0 spiro atoms. The van der Waals surface area contributed by atoms with Crippen LogP contribution in [0.2, 0.25) is 0 Å². The molecule has 126 valence electrons. The number of thiazole rings is 1. The molecule has 1 unspecified atom stereocenters. The summed E-state index contributed by atoms with van der Waals surface area (Å²) in [6.45, 7) is 12.2. The zero-order valence-electron chi connectivity index (χ0n) is 14.4. The van der Waals surface area contributed by atoms with E-state index in [4.69, 9.17) is 4.74 Å². The first kappa shape index (κ1) is 18.9. The molecule has 0 aliphatic rings. The van der Waals surface area contributed by atoms with Gasteiger partial charge in [0.25, 0.3) is 0 Å². The highest BCUT2D eigenvalue weighted by molar-refractivity contribution is 7.09. The molecule has 0 aliphatic carbocycles. The van der Waals surface area contributed by atoms with Crippen LogP contribution >= 0.6 is 11.3 Å². The standard InChI is InChI=1S/C16H28N2O3S/c1-15(2,3)12-10-22-13(18-12)7-11(9-19)8-17-14(20)21-16(4,5)6/h10-11,19H,7-9H2,1-6H3,(H,17,20). The van der Waals surface area contributed by atoms with Crippen molar-refractivity contribution in [1.82, 2.24) is 10.3 Å². The molecular weight excluding hydrogens is 300 g/mol. The Morgan fingerprint density at radius 3 is 2.45 bits per heavy atom. The molecule has 1 heterocycles. The van der Waals surface area contributed by atoms with Crippen LogP contribution in [-0.2, 0) is 16.6 Å². The smallest absolute Gasteiger partial charge is 0.407 e. The van der Waals surface area contributed by atoms with Crippen molar-refractivity contribution in [2.24, 2.45) is 5.92 Å². The average Bonchev–Trinajstić information content (AvgIpc) is 2.80. The lowest BCUT2D eigenvalue weighted by Crippen LogP contribution is -2.36. The van der Waals surface area contributed by atoms with Gasteiger partial charge in [-0.3, -0.25) is 0 Å². The minimum Gasteiger partial charge on any atom is -0.444 e. The van der Waals surface area contributed by atoms with Crippen molar-refractivity contribution in [1.29, 1.82) is 0 Å². The number of nitrogens with one attached hydrogen (secondary N) is 1. The second kappa shape index (κ2) is 7.42. The van der Waals surface area contributed by atoms with Gasteiger partial charge >= 0.3 is 6.09 Å². The molecule has 1 amide bonds. The third-order valence-corrected chi connectivity index (χ3v) is 3.85. The lowest BCUT2D eigenvalue weighted by molar-refractivity contribution is 0.0512. The molecule has 0 aromatic carbocycles. The fourth-order valence-electron chi connectivity index (χ4n) is 1.74. The molecule has 22 heavy (non-hydrogen) atoms. The Labute approximate surface area is 137 Å². The number of hydrogen-bond acceptors (Lipinski definition) is 5. The van der Waals surface area contributed by atoms with Crippen LogP contribution in [-0.4, -0.2) is 34.9 Å². The van der Waals surface area contributed by atoms with Gasteiger partial charge in [-0.15, -0.1) is 11.3 Å². The molecule has 0 radical (unpaired) electrons. The van der Waals surface area contributed by atoms with Crippen molar-refractivity contribution < 1.29 is 14.6 Å². The molecular formula is C16H28N2O3S. The van der Waals surface area contributed by atoms with Gasteiger partial charge in [0.1, 0.15) is 5.60 Å². The van der Waals surface area contributed by atoms with Gasteiger partial charge in [0.2, 0.25) is 0 Å². The second-order valence-electron chi connectivity index (χ2n) is 7.51. The topological polar surface area (TPSA) is 71.5 Å². The molecule has 1 aromatic heterocycles. The lowest BCUT2D eigenvalue weighted by Gasteiger charge is -2.21. The molecule has 2 N–H and O–H groups in total. The fourth-order valence-corrected chi connectivity index (χ4v) is 2.88. The van der Waals surface area contributed by atoms with Crippen molar-refractivity contribution in [3.63, 3.8) is 0 Å². The first-order valence-corrected chi connectivity index (χ1v) is 8.42. The monoisotopic (exact) mass is 328 g/mol. The third-order valence-electron chi connectivity index (χ3n) is 2.98. The van der Waals surface area contributed by atoms with Crippen molar-refractivity contribution in [3.8, 4) is 0 Å². The van der Waals surface area contributed by atoms with Crippen molar-refractivity contribution >= 4 is 17.4 Å². The minimum atomic E-state index is -0.518. The van der Waals surface area contributed by atoms with E-state index in [0.717, 1.165) is 10.7 Å². The number of aliphatic hydroxyl groups excluding tert-OH is 1. The van der Waals surface area contributed by atoms with E-state index in [1.54, 1.807) is 11.3 Å². The maximum Gasteiger partial charge on any atom is 0.407 e. The fraction of sp³-hybridized carbons (Fsp3) is 0.750. The molecule has 1 aromatic rings. The van der Waals surface area contributed by atoms with E-state index in [0.29, 0.717) is 13.0 Å². The Balaban J connectivity index is 2.52. The van der Waals surface area contributed by atoms with E-state index in [1.807, 2.05) is 20.8 Å². The molecule has 0 saturated heterocycles. The Kier molecular flexibility index (Phi) is 6.38. The Hall–Kier alpha value is -1.14. The number of carbonyl (C=O) groups excluding carboxylic acids is 1. The molecule has 0 saturated carbocycles. The van der Waals surface area contributed by atoms with Crippen LogP contribution < -0.4 is 5.32 Å². The van der Waals surface area contributed by atoms with Gasteiger partial charge in [-0.25, -0.2) is 9.78 Å². The van der Waals surface area contributed by atoms with Gasteiger partial charge in [0.05, 0.1) is 10.7 Å². The zero-order valence-corrected chi connectivity index (χ0v) is 15.2. The summed E-state index contributed by atoms with van der Waals surface area (Å²) in [5, 5.41) is 15.2. The van der Waals surface area contributed by atoms with E-state index in [1.165, 1.54) is 0 Å². The summed E-state index contributed by atoms with van der Waals surface area (Å²) in [6, 6.07) is 0. The highest BCUT2D eigenvalue weighted by Gasteiger charge is 2.20. The molecule has 6 heteroatoms. The number of hydrogen-bond donors (Lipinski definition) is 2. The van der Waals surface area contributed by atoms with Gasteiger partial charge in [-0.1, -0.05) is 20.8 Å².